The van der Waals surface area contributed by atoms with Crippen molar-refractivity contribution >= 4 is 78.4 Å². The van der Waals surface area contributed by atoms with Crippen LogP contribution >= 0.6 is 31.9 Å². The van der Waals surface area contributed by atoms with Crippen molar-refractivity contribution < 1.29 is 28.7 Å². The lowest BCUT2D eigenvalue weighted by atomic mass is 9.86. The third-order valence-corrected chi connectivity index (χ3v) is 8.69. The number of alkyl halides is 2. The number of hydrogen-bond acceptors (Lipinski definition) is 8. The van der Waals surface area contributed by atoms with Gasteiger partial charge in [-0.1, -0.05) is 68.3 Å². The molecule has 0 N–H and O–H groups in total. The van der Waals surface area contributed by atoms with Crippen LogP contribution in [-0.2, 0) is 28.7 Å². The molecule has 0 unspecified atom stereocenters. The van der Waals surface area contributed by atoms with Gasteiger partial charge in [0.05, 0.1) is 29.4 Å². The average Bonchev–Trinajstić information content (AvgIpc) is 3.39. The molecule has 2 heterocycles. The second kappa shape index (κ2) is 10.9. The first-order chi connectivity index (χ1) is 17.7. The molecule has 10 nitrogen and oxygen atoms in total. The summed E-state index contributed by atoms with van der Waals surface area (Å²) in [6.07, 6.45) is 0. The summed E-state index contributed by atoms with van der Waals surface area (Å²) in [6, 6.07) is 17.0. The maximum absolute atomic E-state index is 13.9. The van der Waals surface area contributed by atoms with Gasteiger partial charge >= 0.3 is 11.9 Å². The maximum atomic E-state index is 13.9. The van der Waals surface area contributed by atoms with Crippen LogP contribution in [0.1, 0.15) is 13.8 Å². The van der Waals surface area contributed by atoms with Gasteiger partial charge in [-0.2, -0.15) is 20.2 Å². The zero-order valence-corrected chi connectivity index (χ0v) is 23.0. The van der Waals surface area contributed by atoms with Crippen LogP contribution in [0.2, 0.25) is 0 Å². The molecular weight excluding hydrogens is 612 g/mol. The van der Waals surface area contributed by atoms with Crippen LogP contribution < -0.4 is 10.0 Å². The first kappa shape index (κ1) is 26.7. The van der Waals surface area contributed by atoms with Gasteiger partial charge in [-0.25, -0.2) is 9.59 Å². The highest BCUT2D eigenvalue weighted by molar-refractivity contribution is 9.13. The van der Waals surface area contributed by atoms with Crippen LogP contribution in [0.25, 0.3) is 0 Å². The van der Waals surface area contributed by atoms with E-state index >= 15 is 0 Å². The SMILES string of the molecule is CCOC(=O)C1=NN(c2ccccc2)C(=O)[C@@H]1[C@H](Br)[C@@]1(Br)C(=O)N(c2ccccc2)N=C1C(=O)OCC. The Hall–Kier alpha value is -3.38. The summed E-state index contributed by atoms with van der Waals surface area (Å²) in [6.45, 7) is 3.33. The molecule has 12 heteroatoms. The van der Waals surface area contributed by atoms with Gasteiger partial charge in [0.15, 0.2) is 15.7 Å². The van der Waals surface area contributed by atoms with E-state index in [1.54, 1.807) is 74.5 Å². The highest BCUT2D eigenvalue weighted by atomic mass is 79.9. The molecule has 2 amide bonds. The van der Waals surface area contributed by atoms with Crippen LogP contribution in [0, 0.1) is 5.92 Å². The zero-order valence-electron chi connectivity index (χ0n) is 19.8. The predicted octanol–water partition coefficient (Wildman–Crippen LogP) is 3.43. The number of hydrogen-bond donors (Lipinski definition) is 0. The minimum absolute atomic E-state index is 0.0348. The number of para-hydroxylation sites is 2. The first-order valence-corrected chi connectivity index (χ1v) is 13.1. The van der Waals surface area contributed by atoms with Gasteiger partial charge in [-0.15, -0.1) is 0 Å². The van der Waals surface area contributed by atoms with Crippen molar-refractivity contribution in [3.63, 3.8) is 0 Å². The first-order valence-electron chi connectivity index (χ1n) is 11.4. The Morgan fingerprint density at radius 1 is 0.892 bits per heavy atom. The van der Waals surface area contributed by atoms with Crippen molar-refractivity contribution in [2.75, 3.05) is 23.2 Å². The van der Waals surface area contributed by atoms with E-state index in [0.29, 0.717) is 11.4 Å². The lowest BCUT2D eigenvalue weighted by molar-refractivity contribution is -0.136. The van der Waals surface area contributed by atoms with Crippen molar-refractivity contribution in [2.45, 2.75) is 23.0 Å². The summed E-state index contributed by atoms with van der Waals surface area (Å²) in [5.74, 6) is -4.23. The Kier molecular flexibility index (Phi) is 7.88. The van der Waals surface area contributed by atoms with E-state index in [1.165, 1.54) is 0 Å². The van der Waals surface area contributed by atoms with E-state index in [2.05, 4.69) is 42.1 Å². The van der Waals surface area contributed by atoms with Gasteiger partial charge in [0, 0.05) is 0 Å². The highest BCUT2D eigenvalue weighted by Gasteiger charge is 2.63. The Bertz CT molecular complexity index is 1290. The second-order valence-electron chi connectivity index (χ2n) is 7.90. The van der Waals surface area contributed by atoms with Gasteiger partial charge in [0.25, 0.3) is 11.8 Å². The molecule has 2 aromatic carbocycles. The number of halogens is 2. The molecule has 0 aromatic heterocycles. The van der Waals surface area contributed by atoms with Gasteiger partial charge in [-0.3, -0.25) is 9.59 Å². The number of esters is 2. The number of nitrogens with zero attached hydrogens (tertiary/aromatic N) is 4. The molecule has 0 saturated heterocycles. The number of carbonyl (C=O) groups is 4. The monoisotopic (exact) mass is 632 g/mol. The smallest absolute Gasteiger partial charge is 0.356 e. The summed E-state index contributed by atoms with van der Waals surface area (Å²) in [5.41, 5.74) is 0.325. The topological polar surface area (TPSA) is 118 Å². The molecule has 192 valence electrons. The van der Waals surface area contributed by atoms with E-state index in [9.17, 15) is 19.2 Å². The molecule has 0 spiro atoms. The van der Waals surface area contributed by atoms with Gasteiger partial charge in [0.2, 0.25) is 0 Å². The molecule has 2 aliphatic rings. The average molecular weight is 634 g/mol. The maximum Gasteiger partial charge on any atom is 0.356 e. The van der Waals surface area contributed by atoms with Crippen LogP contribution in [-0.4, -0.2) is 57.5 Å². The van der Waals surface area contributed by atoms with Crippen molar-refractivity contribution in [2.24, 2.45) is 16.1 Å². The molecule has 0 bridgehead atoms. The number of ether oxygens (including phenoxy) is 2. The Morgan fingerprint density at radius 2 is 1.41 bits per heavy atom. The third-order valence-electron chi connectivity index (χ3n) is 5.65. The molecule has 2 aliphatic heterocycles. The van der Waals surface area contributed by atoms with Crippen molar-refractivity contribution in [1.29, 1.82) is 0 Å². The van der Waals surface area contributed by atoms with Crippen molar-refractivity contribution in [1.82, 2.24) is 0 Å². The fourth-order valence-electron chi connectivity index (χ4n) is 3.94. The van der Waals surface area contributed by atoms with Crippen LogP contribution in [0.5, 0.6) is 0 Å². The standard InChI is InChI=1S/C25H22Br2N4O6/c1-3-36-22(33)18-17(21(32)30(28-18)15-11-7-5-8-12-15)19(26)25(27)20(23(34)37-4-2)29-31(24(25)35)16-13-9-6-10-14-16/h5-14,17,19H,3-4H2,1-2H3/t17-,19-,25-/m0/s1. The summed E-state index contributed by atoms with van der Waals surface area (Å²) >= 11 is 6.90. The Balaban J connectivity index is 1.80. The van der Waals surface area contributed by atoms with E-state index in [-0.39, 0.29) is 24.6 Å². The van der Waals surface area contributed by atoms with Gasteiger partial charge in [0.1, 0.15) is 5.92 Å². The fourth-order valence-corrected chi connectivity index (χ4v) is 5.51. The molecule has 0 saturated carbocycles. The lowest BCUT2D eigenvalue weighted by Gasteiger charge is -2.30. The highest BCUT2D eigenvalue weighted by Crippen LogP contribution is 2.44. The Labute approximate surface area is 229 Å². The number of benzene rings is 2. The van der Waals surface area contributed by atoms with Gasteiger partial charge < -0.3 is 9.47 Å². The Morgan fingerprint density at radius 3 is 1.95 bits per heavy atom. The molecule has 0 radical (unpaired) electrons. The number of carbonyl (C=O) groups excluding carboxylic acids is 4. The summed E-state index contributed by atoms with van der Waals surface area (Å²) < 4.78 is 8.46. The summed E-state index contributed by atoms with van der Waals surface area (Å²) in [5, 5.41) is 10.7. The summed E-state index contributed by atoms with van der Waals surface area (Å²) in [7, 11) is 0. The van der Waals surface area contributed by atoms with Crippen molar-refractivity contribution in [3.05, 3.63) is 60.7 Å². The molecule has 4 rings (SSSR count). The minimum Gasteiger partial charge on any atom is -0.461 e. The van der Waals surface area contributed by atoms with Crippen LogP contribution in [0.15, 0.2) is 70.9 Å². The second-order valence-corrected chi connectivity index (χ2v) is 10.1. The third kappa shape index (κ3) is 4.71. The van der Waals surface area contributed by atoms with E-state index in [0.717, 1.165) is 10.0 Å². The van der Waals surface area contributed by atoms with E-state index in [4.69, 9.17) is 9.47 Å². The normalized spacial score (nSPS) is 22.0. The zero-order chi connectivity index (χ0) is 26.7. The predicted molar refractivity (Wildman–Crippen MR) is 144 cm³/mol. The largest absolute Gasteiger partial charge is 0.461 e. The van der Waals surface area contributed by atoms with E-state index in [1.807, 2.05) is 0 Å². The number of hydrazone groups is 2. The molecule has 37 heavy (non-hydrogen) atoms. The quantitative estimate of drug-likeness (QED) is 0.325. The summed E-state index contributed by atoms with van der Waals surface area (Å²) in [4.78, 5) is 52.3. The molecular formula is C25H22Br2N4O6. The minimum atomic E-state index is -1.88. The molecule has 0 aliphatic carbocycles. The van der Waals surface area contributed by atoms with E-state index < -0.39 is 38.8 Å². The molecule has 0 fully saturated rings. The number of rotatable bonds is 8. The molecule has 3 atom stereocenters. The van der Waals surface area contributed by atoms with Gasteiger partial charge in [-0.05, 0) is 38.1 Å². The lowest BCUT2D eigenvalue weighted by Crippen LogP contribution is -2.56. The molecule has 2 aromatic rings. The van der Waals surface area contributed by atoms with Crippen LogP contribution in [0.3, 0.4) is 0 Å². The van der Waals surface area contributed by atoms with Crippen LogP contribution in [0.4, 0.5) is 11.4 Å². The number of amides is 2. The van der Waals surface area contributed by atoms with Crippen molar-refractivity contribution in [3.8, 4) is 0 Å². The fraction of sp³-hybridized carbons (Fsp3) is 0.280. The number of anilines is 2.